The summed E-state index contributed by atoms with van der Waals surface area (Å²) in [6.07, 6.45) is 0. The minimum atomic E-state index is -0.0867. The average Bonchev–Trinajstić information content (AvgIpc) is 2.48. The number of rotatable bonds is 7. The largest absolute Gasteiger partial charge is 0.296 e. The molecule has 0 bridgehead atoms. The number of halogens is 3. The number of benzene rings is 2. The molecule has 0 saturated heterocycles. The van der Waals surface area contributed by atoms with E-state index in [0.717, 1.165) is 30.2 Å². The summed E-state index contributed by atoms with van der Waals surface area (Å²) in [4.78, 5) is 2.29. The Kier molecular flexibility index (Phi) is 7.04. The molecule has 0 aliphatic rings. The molecule has 0 aromatic heterocycles. The Morgan fingerprint density at radius 2 is 1.55 bits per heavy atom. The molecular formula is C18H20Cl3N. The highest BCUT2D eigenvalue weighted by molar-refractivity contribution is 6.30. The minimum absolute atomic E-state index is 0.0813. The maximum atomic E-state index is 6.58. The van der Waals surface area contributed by atoms with E-state index in [-0.39, 0.29) is 10.8 Å². The molecule has 22 heavy (non-hydrogen) atoms. The maximum absolute atomic E-state index is 6.58. The van der Waals surface area contributed by atoms with Crippen molar-refractivity contribution < 1.29 is 0 Å². The zero-order chi connectivity index (χ0) is 15.9. The molecule has 0 fully saturated rings. The fourth-order valence-corrected chi connectivity index (χ4v) is 3.07. The van der Waals surface area contributed by atoms with Crippen LogP contribution in [-0.4, -0.2) is 23.4 Å². The number of alkyl halides is 2. The summed E-state index contributed by atoms with van der Waals surface area (Å²) in [6.45, 7) is 4.39. The number of hydrogen-bond acceptors (Lipinski definition) is 1. The summed E-state index contributed by atoms with van der Waals surface area (Å²) < 4.78 is 0. The van der Waals surface area contributed by atoms with Gasteiger partial charge < -0.3 is 0 Å². The molecule has 2 rings (SSSR count). The van der Waals surface area contributed by atoms with E-state index in [4.69, 9.17) is 34.8 Å². The van der Waals surface area contributed by atoms with Gasteiger partial charge in [-0.05, 0) is 30.2 Å². The second-order valence-electron chi connectivity index (χ2n) is 5.48. The van der Waals surface area contributed by atoms with E-state index < -0.39 is 0 Å². The van der Waals surface area contributed by atoms with Crippen LogP contribution in [0.3, 0.4) is 0 Å². The number of hydrogen-bond donors (Lipinski definition) is 0. The predicted molar refractivity (Wildman–Crippen MR) is 97.1 cm³/mol. The van der Waals surface area contributed by atoms with Crippen LogP contribution >= 0.6 is 34.8 Å². The van der Waals surface area contributed by atoms with Crippen molar-refractivity contribution in [1.29, 1.82) is 0 Å². The second-order valence-corrected chi connectivity index (χ2v) is 7.19. The van der Waals surface area contributed by atoms with Gasteiger partial charge in [-0.2, -0.15) is 0 Å². The summed E-state index contributed by atoms with van der Waals surface area (Å²) in [5, 5.41) is 0.720. The smallest absolute Gasteiger partial charge is 0.0712 e. The van der Waals surface area contributed by atoms with Gasteiger partial charge in [0.2, 0.25) is 0 Å². The Morgan fingerprint density at radius 1 is 0.909 bits per heavy atom. The van der Waals surface area contributed by atoms with Gasteiger partial charge in [-0.15, -0.1) is 23.2 Å². The first-order valence-corrected chi connectivity index (χ1v) is 8.59. The third-order valence-corrected chi connectivity index (χ3v) is 4.19. The standard InChI is InChI=1S/C18H20Cl3N/c1-14(19)11-22(12-15-5-3-2-4-6-15)13-18(21)16-7-9-17(20)10-8-16/h2-10,14,18H,11-13H2,1H3. The first-order valence-electron chi connectivity index (χ1n) is 7.34. The van der Waals surface area contributed by atoms with Crippen molar-refractivity contribution in [3.63, 3.8) is 0 Å². The Morgan fingerprint density at radius 3 is 2.14 bits per heavy atom. The molecule has 2 aromatic rings. The molecule has 1 nitrogen and oxygen atoms in total. The summed E-state index contributed by atoms with van der Waals surface area (Å²) in [7, 11) is 0. The number of nitrogens with zero attached hydrogens (tertiary/aromatic N) is 1. The van der Waals surface area contributed by atoms with Crippen LogP contribution in [-0.2, 0) is 6.54 Å². The van der Waals surface area contributed by atoms with E-state index in [9.17, 15) is 0 Å². The quantitative estimate of drug-likeness (QED) is 0.571. The SMILES string of the molecule is CC(Cl)CN(Cc1ccccc1)CC(Cl)c1ccc(Cl)cc1. The highest BCUT2D eigenvalue weighted by Gasteiger charge is 2.16. The normalized spacial score (nSPS) is 14.0. The Labute approximate surface area is 147 Å². The van der Waals surface area contributed by atoms with Crippen molar-refractivity contribution >= 4 is 34.8 Å². The highest BCUT2D eigenvalue weighted by Crippen LogP contribution is 2.24. The topological polar surface area (TPSA) is 3.24 Å². The molecule has 0 spiro atoms. The first kappa shape index (κ1) is 17.6. The van der Waals surface area contributed by atoms with Crippen LogP contribution in [0.25, 0.3) is 0 Å². The van der Waals surface area contributed by atoms with Crippen molar-refractivity contribution in [2.24, 2.45) is 0 Å². The monoisotopic (exact) mass is 355 g/mol. The van der Waals surface area contributed by atoms with Crippen LogP contribution < -0.4 is 0 Å². The molecule has 2 unspecified atom stereocenters. The van der Waals surface area contributed by atoms with Crippen LogP contribution in [0.1, 0.15) is 23.4 Å². The molecule has 2 aromatic carbocycles. The summed E-state index contributed by atoms with van der Waals surface area (Å²) in [5.41, 5.74) is 2.34. The minimum Gasteiger partial charge on any atom is -0.296 e. The van der Waals surface area contributed by atoms with E-state index in [0.29, 0.717) is 0 Å². The van der Waals surface area contributed by atoms with Crippen LogP contribution in [0.4, 0.5) is 0 Å². The summed E-state index contributed by atoms with van der Waals surface area (Å²) in [6, 6.07) is 18.1. The molecule has 118 valence electrons. The fraction of sp³-hybridized carbons (Fsp3) is 0.333. The zero-order valence-corrected chi connectivity index (χ0v) is 14.8. The van der Waals surface area contributed by atoms with Crippen molar-refractivity contribution in [3.05, 3.63) is 70.7 Å². The first-order chi connectivity index (χ1) is 10.5. The van der Waals surface area contributed by atoms with Gasteiger partial charge in [0.15, 0.2) is 0 Å². The summed E-state index contributed by atoms with van der Waals surface area (Å²) >= 11 is 18.7. The van der Waals surface area contributed by atoms with Gasteiger partial charge in [-0.25, -0.2) is 0 Å². The molecule has 0 amide bonds. The van der Waals surface area contributed by atoms with Gasteiger partial charge in [0, 0.05) is 30.0 Å². The van der Waals surface area contributed by atoms with E-state index in [2.05, 4.69) is 29.2 Å². The van der Waals surface area contributed by atoms with Crippen LogP contribution in [0.15, 0.2) is 54.6 Å². The van der Waals surface area contributed by atoms with Crippen molar-refractivity contribution in [2.45, 2.75) is 24.2 Å². The molecule has 0 aliphatic heterocycles. The van der Waals surface area contributed by atoms with Gasteiger partial charge >= 0.3 is 0 Å². The maximum Gasteiger partial charge on any atom is 0.0712 e. The van der Waals surface area contributed by atoms with Gasteiger partial charge in [-0.1, -0.05) is 54.1 Å². The Hall–Kier alpha value is -0.730. The second kappa shape index (κ2) is 8.79. The lowest BCUT2D eigenvalue weighted by Crippen LogP contribution is -2.31. The molecule has 0 N–H and O–H groups in total. The van der Waals surface area contributed by atoms with E-state index >= 15 is 0 Å². The Balaban J connectivity index is 2.03. The predicted octanol–water partition coefficient (Wildman–Crippen LogP) is 5.75. The molecule has 0 radical (unpaired) electrons. The van der Waals surface area contributed by atoms with Crippen LogP contribution in [0, 0.1) is 0 Å². The van der Waals surface area contributed by atoms with E-state index in [1.807, 2.05) is 37.3 Å². The molecular weight excluding hydrogens is 337 g/mol. The third-order valence-electron chi connectivity index (χ3n) is 3.41. The van der Waals surface area contributed by atoms with Crippen LogP contribution in [0.5, 0.6) is 0 Å². The zero-order valence-electron chi connectivity index (χ0n) is 12.6. The molecule has 4 heteroatoms. The van der Waals surface area contributed by atoms with Crippen molar-refractivity contribution in [1.82, 2.24) is 4.90 Å². The molecule has 0 heterocycles. The highest BCUT2D eigenvalue weighted by atomic mass is 35.5. The lowest BCUT2D eigenvalue weighted by molar-refractivity contribution is 0.268. The average molecular weight is 357 g/mol. The van der Waals surface area contributed by atoms with Crippen molar-refractivity contribution in [3.8, 4) is 0 Å². The molecule has 0 saturated carbocycles. The van der Waals surface area contributed by atoms with E-state index in [1.165, 1.54) is 5.56 Å². The Bertz CT molecular complexity index is 554. The summed E-state index contributed by atoms with van der Waals surface area (Å²) in [5.74, 6) is 0. The molecule has 2 atom stereocenters. The molecule has 0 aliphatic carbocycles. The lowest BCUT2D eigenvalue weighted by atomic mass is 10.1. The van der Waals surface area contributed by atoms with E-state index in [1.54, 1.807) is 0 Å². The van der Waals surface area contributed by atoms with Crippen molar-refractivity contribution in [2.75, 3.05) is 13.1 Å². The fourth-order valence-electron chi connectivity index (χ4n) is 2.40. The van der Waals surface area contributed by atoms with Crippen LogP contribution in [0.2, 0.25) is 5.02 Å². The third kappa shape index (κ3) is 5.81. The van der Waals surface area contributed by atoms with Gasteiger partial charge in [-0.3, -0.25) is 4.90 Å². The van der Waals surface area contributed by atoms with Gasteiger partial charge in [0.05, 0.1) is 5.38 Å². The lowest BCUT2D eigenvalue weighted by Gasteiger charge is -2.26. The van der Waals surface area contributed by atoms with Gasteiger partial charge in [0.25, 0.3) is 0 Å². The van der Waals surface area contributed by atoms with Gasteiger partial charge in [0.1, 0.15) is 0 Å².